The SMILES string of the molecule is COc1ccccc1CNC(=O)CCNc1c(F)cccc1F. The van der Waals surface area contributed by atoms with E-state index in [4.69, 9.17) is 4.74 Å². The smallest absolute Gasteiger partial charge is 0.222 e. The van der Waals surface area contributed by atoms with Crippen LogP contribution in [0.25, 0.3) is 0 Å². The van der Waals surface area contributed by atoms with Gasteiger partial charge in [0.2, 0.25) is 5.91 Å². The molecule has 0 bridgehead atoms. The lowest BCUT2D eigenvalue weighted by molar-refractivity contribution is -0.121. The number of hydrogen-bond acceptors (Lipinski definition) is 3. The number of benzene rings is 2. The zero-order valence-electron chi connectivity index (χ0n) is 12.7. The molecule has 2 N–H and O–H groups in total. The van der Waals surface area contributed by atoms with Gasteiger partial charge in [0.05, 0.1) is 7.11 Å². The van der Waals surface area contributed by atoms with Crippen molar-refractivity contribution in [3.63, 3.8) is 0 Å². The topological polar surface area (TPSA) is 50.4 Å². The van der Waals surface area contributed by atoms with Crippen molar-refractivity contribution in [1.29, 1.82) is 0 Å². The van der Waals surface area contributed by atoms with Crippen LogP contribution in [0.3, 0.4) is 0 Å². The predicted molar refractivity (Wildman–Crippen MR) is 84.3 cm³/mol. The Morgan fingerprint density at radius 3 is 2.48 bits per heavy atom. The number of ether oxygens (including phenoxy) is 1. The molecule has 0 unspecified atom stereocenters. The van der Waals surface area contributed by atoms with Crippen LogP contribution in [0.15, 0.2) is 42.5 Å². The monoisotopic (exact) mass is 320 g/mol. The molecule has 6 heteroatoms. The van der Waals surface area contributed by atoms with Crippen molar-refractivity contribution in [3.8, 4) is 5.75 Å². The molecule has 0 saturated heterocycles. The maximum Gasteiger partial charge on any atom is 0.222 e. The number of anilines is 1. The van der Waals surface area contributed by atoms with Crippen LogP contribution in [0.1, 0.15) is 12.0 Å². The predicted octanol–water partition coefficient (Wildman–Crippen LogP) is 3.09. The van der Waals surface area contributed by atoms with Gasteiger partial charge in [-0.25, -0.2) is 8.78 Å². The molecule has 0 saturated carbocycles. The van der Waals surface area contributed by atoms with Gasteiger partial charge in [0, 0.05) is 25.1 Å². The van der Waals surface area contributed by atoms with E-state index >= 15 is 0 Å². The lowest BCUT2D eigenvalue weighted by Gasteiger charge is -2.11. The van der Waals surface area contributed by atoms with Gasteiger partial charge >= 0.3 is 0 Å². The van der Waals surface area contributed by atoms with Gasteiger partial charge in [-0.05, 0) is 18.2 Å². The number of nitrogens with one attached hydrogen (secondary N) is 2. The van der Waals surface area contributed by atoms with Crippen LogP contribution in [0, 0.1) is 11.6 Å². The zero-order valence-corrected chi connectivity index (χ0v) is 12.7. The molecule has 0 aromatic heterocycles. The molecular weight excluding hydrogens is 302 g/mol. The molecule has 4 nitrogen and oxygen atoms in total. The molecule has 0 aliphatic rings. The highest BCUT2D eigenvalue weighted by atomic mass is 19.1. The average molecular weight is 320 g/mol. The Morgan fingerprint density at radius 2 is 1.78 bits per heavy atom. The summed E-state index contributed by atoms with van der Waals surface area (Å²) in [6.07, 6.45) is 0.100. The van der Waals surface area contributed by atoms with Gasteiger partial charge in [-0.3, -0.25) is 4.79 Å². The summed E-state index contributed by atoms with van der Waals surface area (Å²) in [5.41, 5.74) is 0.640. The highest BCUT2D eigenvalue weighted by molar-refractivity contribution is 5.76. The van der Waals surface area contributed by atoms with Gasteiger partial charge < -0.3 is 15.4 Å². The van der Waals surface area contributed by atoms with Crippen LogP contribution in [-0.4, -0.2) is 19.6 Å². The number of rotatable bonds is 7. The fourth-order valence-corrected chi connectivity index (χ4v) is 2.10. The van der Waals surface area contributed by atoms with Crippen LogP contribution < -0.4 is 15.4 Å². The Kier molecular flexibility index (Phi) is 5.91. The standard InChI is InChI=1S/C17H18F2N2O2/c1-23-15-8-3-2-5-12(15)11-21-16(22)9-10-20-17-13(18)6-4-7-14(17)19/h2-8,20H,9-11H2,1H3,(H,21,22). The fourth-order valence-electron chi connectivity index (χ4n) is 2.10. The Labute approximate surface area is 133 Å². The van der Waals surface area contributed by atoms with E-state index in [1.807, 2.05) is 24.3 Å². The van der Waals surface area contributed by atoms with Crippen molar-refractivity contribution in [2.45, 2.75) is 13.0 Å². The maximum absolute atomic E-state index is 13.4. The zero-order chi connectivity index (χ0) is 16.7. The van der Waals surface area contributed by atoms with Crippen molar-refractivity contribution >= 4 is 11.6 Å². The van der Waals surface area contributed by atoms with E-state index in [2.05, 4.69) is 10.6 Å². The van der Waals surface area contributed by atoms with Crippen LogP contribution >= 0.6 is 0 Å². The second kappa shape index (κ2) is 8.12. The number of hydrogen-bond donors (Lipinski definition) is 2. The fraction of sp³-hybridized carbons (Fsp3) is 0.235. The molecule has 122 valence electrons. The second-order valence-electron chi connectivity index (χ2n) is 4.86. The molecule has 0 radical (unpaired) electrons. The first-order valence-electron chi connectivity index (χ1n) is 7.18. The number of carbonyl (C=O) groups excluding carboxylic acids is 1. The van der Waals surface area contributed by atoms with Gasteiger partial charge in [-0.15, -0.1) is 0 Å². The highest BCUT2D eigenvalue weighted by Gasteiger charge is 2.09. The first-order chi connectivity index (χ1) is 11.1. The van der Waals surface area contributed by atoms with E-state index in [-0.39, 0.29) is 24.6 Å². The first kappa shape index (κ1) is 16.7. The summed E-state index contributed by atoms with van der Waals surface area (Å²) < 4.78 is 32.0. The molecule has 0 spiro atoms. The number of amides is 1. The van der Waals surface area contributed by atoms with Gasteiger partial charge in [0.25, 0.3) is 0 Å². The molecule has 23 heavy (non-hydrogen) atoms. The van der Waals surface area contributed by atoms with Crippen LogP contribution in [-0.2, 0) is 11.3 Å². The van der Waals surface area contributed by atoms with Crippen molar-refractivity contribution < 1.29 is 18.3 Å². The minimum Gasteiger partial charge on any atom is -0.496 e. The molecule has 1 amide bonds. The third-order valence-electron chi connectivity index (χ3n) is 3.29. The number of halogens is 2. The van der Waals surface area contributed by atoms with Crippen LogP contribution in [0.5, 0.6) is 5.75 Å². The van der Waals surface area contributed by atoms with Crippen molar-refractivity contribution in [2.24, 2.45) is 0 Å². The average Bonchev–Trinajstić information content (AvgIpc) is 2.56. The number of methoxy groups -OCH3 is 1. The van der Waals surface area contributed by atoms with Gasteiger partial charge in [-0.1, -0.05) is 24.3 Å². The molecule has 0 heterocycles. The largest absolute Gasteiger partial charge is 0.496 e. The van der Waals surface area contributed by atoms with E-state index < -0.39 is 11.6 Å². The Bertz CT molecular complexity index is 657. The normalized spacial score (nSPS) is 10.2. The maximum atomic E-state index is 13.4. The van der Waals surface area contributed by atoms with E-state index in [0.29, 0.717) is 12.3 Å². The lowest BCUT2D eigenvalue weighted by atomic mass is 10.2. The third-order valence-corrected chi connectivity index (χ3v) is 3.29. The summed E-state index contributed by atoms with van der Waals surface area (Å²) in [6.45, 7) is 0.465. The first-order valence-corrected chi connectivity index (χ1v) is 7.18. The Balaban J connectivity index is 1.79. The van der Waals surface area contributed by atoms with Crippen molar-refractivity contribution in [3.05, 3.63) is 59.7 Å². The minimum absolute atomic E-state index is 0.100. The van der Waals surface area contributed by atoms with E-state index in [0.717, 1.165) is 17.7 Å². The molecule has 0 atom stereocenters. The van der Waals surface area contributed by atoms with Gasteiger partial charge in [0.15, 0.2) is 0 Å². The van der Waals surface area contributed by atoms with E-state index in [1.54, 1.807) is 7.11 Å². The summed E-state index contributed by atoms with van der Waals surface area (Å²) in [6, 6.07) is 11.0. The summed E-state index contributed by atoms with van der Waals surface area (Å²) in [7, 11) is 1.56. The summed E-state index contributed by atoms with van der Waals surface area (Å²) in [5, 5.41) is 5.34. The highest BCUT2D eigenvalue weighted by Crippen LogP contribution is 2.18. The molecular formula is C17H18F2N2O2. The van der Waals surface area contributed by atoms with E-state index in [9.17, 15) is 13.6 Å². The van der Waals surface area contributed by atoms with Crippen LogP contribution in [0.4, 0.5) is 14.5 Å². The quantitative estimate of drug-likeness (QED) is 0.824. The van der Waals surface area contributed by atoms with Gasteiger partial charge in [-0.2, -0.15) is 0 Å². The molecule has 0 fully saturated rings. The molecule has 2 rings (SSSR count). The van der Waals surface area contributed by atoms with Crippen molar-refractivity contribution in [1.82, 2.24) is 5.32 Å². The molecule has 0 aliphatic carbocycles. The van der Waals surface area contributed by atoms with Crippen LogP contribution in [0.2, 0.25) is 0 Å². The van der Waals surface area contributed by atoms with E-state index in [1.165, 1.54) is 6.07 Å². The molecule has 0 aliphatic heterocycles. The van der Waals surface area contributed by atoms with Gasteiger partial charge in [0.1, 0.15) is 23.1 Å². The molecule has 2 aromatic carbocycles. The third kappa shape index (κ3) is 4.67. The Hall–Kier alpha value is -2.63. The minimum atomic E-state index is -0.681. The summed E-state index contributed by atoms with van der Waals surface area (Å²) in [4.78, 5) is 11.8. The lowest BCUT2D eigenvalue weighted by Crippen LogP contribution is -2.25. The Morgan fingerprint density at radius 1 is 1.09 bits per heavy atom. The van der Waals surface area contributed by atoms with Crippen molar-refractivity contribution in [2.75, 3.05) is 19.0 Å². The second-order valence-corrected chi connectivity index (χ2v) is 4.86. The molecule has 2 aromatic rings. The summed E-state index contributed by atoms with van der Waals surface area (Å²) in [5.74, 6) is -0.890. The number of para-hydroxylation sites is 2. The number of carbonyl (C=O) groups is 1. The summed E-state index contributed by atoms with van der Waals surface area (Å²) >= 11 is 0.